The standard InChI is InChI=1S/C23H28N2O3S/c1-28-20-9-5-6-17(12-20)13-24-14-19-15-25(29(26,27)21-10-11-21)23(22(19)16-24)18-7-3-2-4-8-18/h2-9,12,19,21-23H,10-11,13-16H2,1H3/t19-,22-,23+/m0/s1. The molecule has 0 amide bonds. The summed E-state index contributed by atoms with van der Waals surface area (Å²) in [7, 11) is -1.50. The molecule has 0 spiro atoms. The fourth-order valence-electron chi connectivity index (χ4n) is 5.14. The van der Waals surface area contributed by atoms with Crippen LogP contribution in [-0.2, 0) is 16.6 Å². The first-order valence-corrected chi connectivity index (χ1v) is 12.0. The summed E-state index contributed by atoms with van der Waals surface area (Å²) in [5.41, 5.74) is 2.37. The van der Waals surface area contributed by atoms with Crippen LogP contribution in [0.5, 0.6) is 5.75 Å². The van der Waals surface area contributed by atoms with Crippen molar-refractivity contribution in [2.24, 2.45) is 11.8 Å². The molecule has 3 atom stereocenters. The molecule has 5 rings (SSSR count). The molecule has 5 nitrogen and oxygen atoms in total. The van der Waals surface area contributed by atoms with Crippen LogP contribution in [0.4, 0.5) is 0 Å². The molecular formula is C23H28N2O3S. The number of sulfonamides is 1. The van der Waals surface area contributed by atoms with E-state index in [-0.39, 0.29) is 11.3 Å². The zero-order chi connectivity index (χ0) is 20.0. The molecule has 0 aromatic heterocycles. The molecule has 0 unspecified atom stereocenters. The smallest absolute Gasteiger partial charge is 0.217 e. The van der Waals surface area contributed by atoms with Crippen LogP contribution in [0.25, 0.3) is 0 Å². The molecule has 154 valence electrons. The predicted molar refractivity (Wildman–Crippen MR) is 113 cm³/mol. The second-order valence-corrected chi connectivity index (χ2v) is 10.8. The van der Waals surface area contributed by atoms with Crippen molar-refractivity contribution in [1.29, 1.82) is 0 Å². The van der Waals surface area contributed by atoms with E-state index in [9.17, 15) is 8.42 Å². The average molecular weight is 413 g/mol. The fourth-order valence-corrected chi connectivity index (χ4v) is 7.25. The average Bonchev–Trinajstić information content (AvgIpc) is 3.44. The van der Waals surface area contributed by atoms with Gasteiger partial charge in [0.1, 0.15) is 5.75 Å². The van der Waals surface area contributed by atoms with Gasteiger partial charge in [-0.15, -0.1) is 0 Å². The number of methoxy groups -OCH3 is 1. The van der Waals surface area contributed by atoms with Crippen molar-refractivity contribution in [3.8, 4) is 5.75 Å². The molecule has 2 saturated heterocycles. The van der Waals surface area contributed by atoms with Crippen molar-refractivity contribution in [2.45, 2.75) is 30.7 Å². The Morgan fingerprint density at radius 3 is 2.52 bits per heavy atom. The Balaban J connectivity index is 1.39. The highest BCUT2D eigenvalue weighted by molar-refractivity contribution is 7.90. The third-order valence-corrected chi connectivity index (χ3v) is 9.00. The number of hydrogen-bond acceptors (Lipinski definition) is 4. The summed E-state index contributed by atoms with van der Waals surface area (Å²) in [6.07, 6.45) is 1.63. The molecule has 29 heavy (non-hydrogen) atoms. The molecule has 0 bridgehead atoms. The number of fused-ring (bicyclic) bond motifs is 1. The van der Waals surface area contributed by atoms with E-state index in [1.54, 1.807) is 7.11 Å². The van der Waals surface area contributed by atoms with Gasteiger partial charge in [0.25, 0.3) is 0 Å². The van der Waals surface area contributed by atoms with Gasteiger partial charge >= 0.3 is 0 Å². The van der Waals surface area contributed by atoms with Crippen LogP contribution in [-0.4, -0.2) is 49.6 Å². The van der Waals surface area contributed by atoms with Gasteiger partial charge < -0.3 is 4.74 Å². The third-order valence-electron chi connectivity index (χ3n) is 6.65. The van der Waals surface area contributed by atoms with E-state index in [0.29, 0.717) is 18.4 Å². The number of benzene rings is 2. The summed E-state index contributed by atoms with van der Waals surface area (Å²) < 4.78 is 33.5. The highest BCUT2D eigenvalue weighted by atomic mass is 32.2. The van der Waals surface area contributed by atoms with Crippen molar-refractivity contribution in [2.75, 3.05) is 26.7 Å². The predicted octanol–water partition coefficient (Wildman–Crippen LogP) is 3.29. The lowest BCUT2D eigenvalue weighted by atomic mass is 9.90. The van der Waals surface area contributed by atoms with Crippen molar-refractivity contribution >= 4 is 10.0 Å². The van der Waals surface area contributed by atoms with E-state index in [0.717, 1.165) is 43.8 Å². The van der Waals surface area contributed by atoms with Gasteiger partial charge in [0, 0.05) is 26.2 Å². The van der Waals surface area contributed by atoms with Crippen molar-refractivity contribution < 1.29 is 13.2 Å². The van der Waals surface area contributed by atoms with Crippen LogP contribution in [0, 0.1) is 11.8 Å². The van der Waals surface area contributed by atoms with E-state index >= 15 is 0 Å². The molecule has 1 saturated carbocycles. The first-order valence-electron chi connectivity index (χ1n) is 10.5. The van der Waals surface area contributed by atoms with E-state index in [1.807, 2.05) is 34.6 Å². The van der Waals surface area contributed by atoms with E-state index < -0.39 is 10.0 Å². The molecule has 2 aromatic carbocycles. The third kappa shape index (κ3) is 3.58. The molecular weight excluding hydrogens is 384 g/mol. The lowest BCUT2D eigenvalue weighted by Gasteiger charge is -2.29. The molecule has 0 radical (unpaired) electrons. The number of ether oxygens (including phenoxy) is 1. The van der Waals surface area contributed by atoms with Gasteiger partial charge in [-0.2, -0.15) is 4.31 Å². The summed E-state index contributed by atoms with van der Waals surface area (Å²) in [6.45, 7) is 3.40. The molecule has 2 aromatic rings. The number of rotatable bonds is 6. The zero-order valence-corrected chi connectivity index (χ0v) is 17.6. The maximum Gasteiger partial charge on any atom is 0.217 e. The second-order valence-electron chi connectivity index (χ2n) is 8.64. The molecule has 0 N–H and O–H groups in total. The highest BCUT2D eigenvalue weighted by Gasteiger charge is 2.54. The summed E-state index contributed by atoms with van der Waals surface area (Å²) in [5, 5.41) is -0.152. The minimum absolute atomic E-state index is 0.0397. The molecule has 6 heteroatoms. The minimum atomic E-state index is -3.19. The van der Waals surface area contributed by atoms with Gasteiger partial charge in [-0.25, -0.2) is 8.42 Å². The van der Waals surface area contributed by atoms with Crippen LogP contribution < -0.4 is 4.74 Å². The van der Waals surface area contributed by atoms with E-state index in [2.05, 4.69) is 29.2 Å². The van der Waals surface area contributed by atoms with Crippen LogP contribution in [0.15, 0.2) is 54.6 Å². The quantitative estimate of drug-likeness (QED) is 0.731. The monoisotopic (exact) mass is 412 g/mol. The Hall–Kier alpha value is -1.89. The van der Waals surface area contributed by atoms with Crippen LogP contribution in [0.3, 0.4) is 0 Å². The molecule has 2 aliphatic heterocycles. The Labute approximate surface area is 173 Å². The van der Waals surface area contributed by atoms with Crippen LogP contribution in [0.2, 0.25) is 0 Å². The van der Waals surface area contributed by atoms with E-state index in [4.69, 9.17) is 4.74 Å². The lowest BCUT2D eigenvalue weighted by Crippen LogP contribution is -2.37. The van der Waals surface area contributed by atoms with Gasteiger partial charge in [-0.3, -0.25) is 4.90 Å². The van der Waals surface area contributed by atoms with Crippen molar-refractivity contribution in [3.05, 3.63) is 65.7 Å². The minimum Gasteiger partial charge on any atom is -0.497 e. The Kier molecular flexibility index (Phi) is 4.88. The van der Waals surface area contributed by atoms with Gasteiger partial charge in [0.2, 0.25) is 10.0 Å². The Morgan fingerprint density at radius 2 is 1.79 bits per heavy atom. The van der Waals surface area contributed by atoms with E-state index in [1.165, 1.54) is 5.56 Å². The normalized spacial score (nSPS) is 27.8. The summed E-state index contributed by atoms with van der Waals surface area (Å²) in [5.74, 6) is 1.61. The van der Waals surface area contributed by atoms with Crippen molar-refractivity contribution in [1.82, 2.24) is 9.21 Å². The number of hydrogen-bond donors (Lipinski definition) is 0. The molecule has 3 fully saturated rings. The zero-order valence-electron chi connectivity index (χ0n) is 16.8. The maximum atomic E-state index is 13.2. The summed E-state index contributed by atoms with van der Waals surface area (Å²) in [4.78, 5) is 2.47. The molecule has 1 aliphatic carbocycles. The maximum absolute atomic E-state index is 13.2. The van der Waals surface area contributed by atoms with Crippen LogP contribution >= 0.6 is 0 Å². The second kappa shape index (κ2) is 7.42. The van der Waals surface area contributed by atoms with Crippen molar-refractivity contribution in [3.63, 3.8) is 0 Å². The summed E-state index contributed by atoms with van der Waals surface area (Å²) >= 11 is 0. The van der Waals surface area contributed by atoms with Gasteiger partial charge in [-0.05, 0) is 47.9 Å². The Bertz CT molecular complexity index is 975. The number of likely N-dealkylation sites (tertiary alicyclic amines) is 1. The number of nitrogens with zero attached hydrogens (tertiary/aromatic N) is 2. The topological polar surface area (TPSA) is 49.9 Å². The largest absolute Gasteiger partial charge is 0.497 e. The SMILES string of the molecule is COc1cccc(CN2C[C@H]3CN(S(=O)(=O)C4CC4)[C@H](c4ccccc4)[C@H]3C2)c1. The Morgan fingerprint density at radius 1 is 1.00 bits per heavy atom. The summed E-state index contributed by atoms with van der Waals surface area (Å²) in [6, 6.07) is 18.4. The van der Waals surface area contributed by atoms with Crippen LogP contribution in [0.1, 0.15) is 30.0 Å². The first-order chi connectivity index (χ1) is 14.1. The molecule has 2 heterocycles. The fraction of sp³-hybridized carbons (Fsp3) is 0.478. The highest BCUT2D eigenvalue weighted by Crippen LogP contribution is 2.49. The van der Waals surface area contributed by atoms with Gasteiger partial charge in [0.05, 0.1) is 18.4 Å². The first kappa shape index (κ1) is 19.1. The lowest BCUT2D eigenvalue weighted by molar-refractivity contribution is 0.260. The van der Waals surface area contributed by atoms with Gasteiger partial charge in [0.15, 0.2) is 0 Å². The molecule has 3 aliphatic rings. The van der Waals surface area contributed by atoms with Gasteiger partial charge in [-0.1, -0.05) is 42.5 Å².